The fourth-order valence-electron chi connectivity index (χ4n) is 1.64. The lowest BCUT2D eigenvalue weighted by atomic mass is 10.1. The average molecular weight is 267 g/mol. The third kappa shape index (κ3) is 3.09. The summed E-state index contributed by atoms with van der Waals surface area (Å²) in [5.41, 5.74) is 7.57. The molecule has 100 valence electrons. The summed E-state index contributed by atoms with van der Waals surface area (Å²) >= 11 is 0. The van der Waals surface area contributed by atoms with Crippen molar-refractivity contribution < 1.29 is 4.79 Å². The summed E-state index contributed by atoms with van der Waals surface area (Å²) in [6.07, 6.45) is 1.22. The van der Waals surface area contributed by atoms with Gasteiger partial charge in [0.25, 0.3) is 5.91 Å². The standard InChI is InChI=1S/C14H13N5O/c1-9-2-4-10(5-3-9)7-18-14-12(13(16)20)17-8-11(6-15)19-14/h2-5,8H,7H2,1H3,(H2,16,20)(H,18,19). The Morgan fingerprint density at radius 2 is 2.10 bits per heavy atom. The van der Waals surface area contributed by atoms with Crippen LogP contribution >= 0.6 is 0 Å². The second-order valence-corrected chi connectivity index (χ2v) is 4.27. The van der Waals surface area contributed by atoms with Gasteiger partial charge in [-0.3, -0.25) is 4.79 Å². The van der Waals surface area contributed by atoms with Crippen molar-refractivity contribution in [3.05, 3.63) is 53.0 Å². The van der Waals surface area contributed by atoms with E-state index in [0.717, 1.165) is 11.1 Å². The number of aromatic nitrogens is 2. The predicted octanol–water partition coefficient (Wildman–Crippen LogP) is 1.37. The molecule has 1 amide bonds. The normalized spacial score (nSPS) is 9.80. The van der Waals surface area contributed by atoms with Crippen LogP contribution in [0.25, 0.3) is 0 Å². The van der Waals surface area contributed by atoms with Crippen molar-refractivity contribution in [2.24, 2.45) is 5.73 Å². The first-order valence-electron chi connectivity index (χ1n) is 5.96. The number of aryl methyl sites for hydroxylation is 1. The maximum Gasteiger partial charge on any atom is 0.271 e. The van der Waals surface area contributed by atoms with Gasteiger partial charge in [0.05, 0.1) is 6.20 Å². The van der Waals surface area contributed by atoms with Gasteiger partial charge in [0, 0.05) is 6.54 Å². The van der Waals surface area contributed by atoms with Crippen molar-refractivity contribution in [1.29, 1.82) is 5.26 Å². The molecule has 0 aliphatic carbocycles. The molecular formula is C14H13N5O. The summed E-state index contributed by atoms with van der Waals surface area (Å²) in [4.78, 5) is 19.1. The fraction of sp³-hybridized carbons (Fsp3) is 0.143. The highest BCUT2D eigenvalue weighted by atomic mass is 16.1. The van der Waals surface area contributed by atoms with Crippen molar-refractivity contribution in [1.82, 2.24) is 9.97 Å². The van der Waals surface area contributed by atoms with Gasteiger partial charge in [0.1, 0.15) is 6.07 Å². The summed E-state index contributed by atoms with van der Waals surface area (Å²) < 4.78 is 0. The number of primary amides is 1. The maximum absolute atomic E-state index is 11.3. The van der Waals surface area contributed by atoms with Gasteiger partial charge in [0.2, 0.25) is 0 Å². The molecule has 1 aromatic carbocycles. The van der Waals surface area contributed by atoms with Gasteiger partial charge < -0.3 is 11.1 Å². The Labute approximate surface area is 116 Å². The molecule has 0 saturated carbocycles. The van der Waals surface area contributed by atoms with Crippen LogP contribution in [0.3, 0.4) is 0 Å². The third-order valence-electron chi connectivity index (χ3n) is 2.70. The molecule has 1 aromatic heterocycles. The van der Waals surface area contributed by atoms with E-state index < -0.39 is 5.91 Å². The number of carbonyl (C=O) groups is 1. The van der Waals surface area contributed by atoms with Crippen molar-refractivity contribution in [2.75, 3.05) is 5.32 Å². The van der Waals surface area contributed by atoms with E-state index >= 15 is 0 Å². The first-order valence-corrected chi connectivity index (χ1v) is 5.96. The molecule has 0 aliphatic rings. The minimum Gasteiger partial charge on any atom is -0.364 e. The molecule has 0 unspecified atom stereocenters. The fourth-order valence-corrected chi connectivity index (χ4v) is 1.64. The zero-order chi connectivity index (χ0) is 14.5. The highest BCUT2D eigenvalue weighted by molar-refractivity contribution is 5.95. The van der Waals surface area contributed by atoms with E-state index in [9.17, 15) is 4.79 Å². The van der Waals surface area contributed by atoms with Gasteiger partial charge in [0.15, 0.2) is 17.2 Å². The highest BCUT2D eigenvalue weighted by Gasteiger charge is 2.12. The Balaban J connectivity index is 2.21. The second-order valence-electron chi connectivity index (χ2n) is 4.27. The molecule has 1 heterocycles. The molecule has 0 fully saturated rings. The number of nitrogens with one attached hydrogen (secondary N) is 1. The van der Waals surface area contributed by atoms with Crippen LogP contribution in [-0.2, 0) is 6.54 Å². The molecule has 0 aliphatic heterocycles. The Hall–Kier alpha value is -2.94. The van der Waals surface area contributed by atoms with Gasteiger partial charge in [-0.2, -0.15) is 5.26 Å². The number of hydrogen-bond acceptors (Lipinski definition) is 5. The molecule has 6 nitrogen and oxygen atoms in total. The van der Waals surface area contributed by atoms with Crippen molar-refractivity contribution >= 4 is 11.7 Å². The Morgan fingerprint density at radius 1 is 1.40 bits per heavy atom. The van der Waals surface area contributed by atoms with E-state index in [-0.39, 0.29) is 17.2 Å². The van der Waals surface area contributed by atoms with Gasteiger partial charge in [-0.25, -0.2) is 9.97 Å². The summed E-state index contributed by atoms with van der Waals surface area (Å²) in [5.74, 6) is -0.467. The molecule has 0 spiro atoms. The molecule has 3 N–H and O–H groups in total. The van der Waals surface area contributed by atoms with Crippen molar-refractivity contribution in [3.63, 3.8) is 0 Å². The van der Waals surface area contributed by atoms with Crippen LogP contribution in [0.15, 0.2) is 30.5 Å². The van der Waals surface area contributed by atoms with Gasteiger partial charge in [-0.05, 0) is 12.5 Å². The number of rotatable bonds is 4. The lowest BCUT2D eigenvalue weighted by molar-refractivity contribution is 0.0996. The van der Waals surface area contributed by atoms with E-state index in [0.29, 0.717) is 6.54 Å². The predicted molar refractivity (Wildman–Crippen MR) is 73.8 cm³/mol. The molecule has 0 radical (unpaired) electrons. The van der Waals surface area contributed by atoms with Crippen LogP contribution < -0.4 is 11.1 Å². The maximum atomic E-state index is 11.3. The molecule has 0 bridgehead atoms. The number of anilines is 1. The molecule has 2 rings (SSSR count). The average Bonchev–Trinajstić information content (AvgIpc) is 2.46. The van der Waals surface area contributed by atoms with E-state index in [4.69, 9.17) is 11.0 Å². The Morgan fingerprint density at radius 3 is 2.70 bits per heavy atom. The largest absolute Gasteiger partial charge is 0.364 e. The topological polar surface area (TPSA) is 105 Å². The SMILES string of the molecule is Cc1ccc(CNc2nc(C#N)cnc2C(N)=O)cc1. The number of nitrogens with two attached hydrogens (primary N) is 1. The summed E-state index contributed by atoms with van der Waals surface area (Å²) in [5, 5.41) is 11.8. The van der Waals surface area contributed by atoms with Crippen LogP contribution in [0.4, 0.5) is 5.82 Å². The molecule has 0 saturated heterocycles. The van der Waals surface area contributed by atoms with Crippen LogP contribution in [0.1, 0.15) is 27.3 Å². The lowest BCUT2D eigenvalue weighted by Crippen LogP contribution is -2.18. The number of nitrogens with zero attached hydrogens (tertiary/aromatic N) is 3. The van der Waals surface area contributed by atoms with Crippen molar-refractivity contribution in [2.45, 2.75) is 13.5 Å². The zero-order valence-electron chi connectivity index (χ0n) is 10.9. The number of carbonyl (C=O) groups excluding carboxylic acids is 1. The number of hydrogen-bond donors (Lipinski definition) is 2. The smallest absolute Gasteiger partial charge is 0.271 e. The molecule has 6 heteroatoms. The molecule has 0 atom stereocenters. The minimum atomic E-state index is -0.687. The van der Waals surface area contributed by atoms with Gasteiger partial charge >= 0.3 is 0 Å². The van der Waals surface area contributed by atoms with E-state index in [1.54, 1.807) is 0 Å². The summed E-state index contributed by atoms with van der Waals surface area (Å²) in [6, 6.07) is 9.78. The summed E-state index contributed by atoms with van der Waals surface area (Å²) in [6.45, 7) is 2.47. The van der Waals surface area contributed by atoms with E-state index in [1.807, 2.05) is 37.3 Å². The first kappa shape index (κ1) is 13.5. The summed E-state index contributed by atoms with van der Waals surface area (Å²) in [7, 11) is 0. The molecule has 20 heavy (non-hydrogen) atoms. The number of nitriles is 1. The third-order valence-corrected chi connectivity index (χ3v) is 2.70. The monoisotopic (exact) mass is 267 g/mol. The minimum absolute atomic E-state index is 0.0242. The van der Waals surface area contributed by atoms with E-state index in [1.165, 1.54) is 6.20 Å². The van der Waals surface area contributed by atoms with Crippen LogP contribution in [0.2, 0.25) is 0 Å². The van der Waals surface area contributed by atoms with Crippen LogP contribution in [0.5, 0.6) is 0 Å². The van der Waals surface area contributed by atoms with Gasteiger partial charge in [-0.1, -0.05) is 29.8 Å². The van der Waals surface area contributed by atoms with Crippen LogP contribution in [0, 0.1) is 18.3 Å². The molecular weight excluding hydrogens is 254 g/mol. The van der Waals surface area contributed by atoms with Gasteiger partial charge in [-0.15, -0.1) is 0 Å². The number of amides is 1. The Kier molecular flexibility index (Phi) is 3.91. The van der Waals surface area contributed by atoms with Crippen LogP contribution in [-0.4, -0.2) is 15.9 Å². The first-order chi connectivity index (χ1) is 9.60. The molecule has 2 aromatic rings. The number of benzene rings is 1. The highest BCUT2D eigenvalue weighted by Crippen LogP contribution is 2.12. The zero-order valence-corrected chi connectivity index (χ0v) is 10.9. The van der Waals surface area contributed by atoms with Crippen molar-refractivity contribution in [3.8, 4) is 6.07 Å². The lowest BCUT2D eigenvalue weighted by Gasteiger charge is -2.08. The Bertz CT molecular complexity index is 673. The quantitative estimate of drug-likeness (QED) is 0.870. The van der Waals surface area contributed by atoms with E-state index in [2.05, 4.69) is 15.3 Å². The second kappa shape index (κ2) is 5.80.